The Morgan fingerprint density at radius 1 is 0.971 bits per heavy atom. The number of aryl methyl sites for hydroxylation is 1. The van der Waals surface area contributed by atoms with Gasteiger partial charge in [0.15, 0.2) is 0 Å². The van der Waals surface area contributed by atoms with E-state index in [-0.39, 0.29) is 30.2 Å². The number of hydrogen-bond acceptors (Lipinski definition) is 5. The molecule has 2 aromatic carbocycles. The Morgan fingerprint density at radius 3 is 2.44 bits per heavy atom. The molecule has 0 aromatic heterocycles. The minimum Gasteiger partial charge on any atom is -0.466 e. The number of carbonyl (C=O) groups excluding carboxylic acids is 3. The van der Waals surface area contributed by atoms with Crippen LogP contribution in [0.25, 0.3) is 0 Å². The molecule has 0 atom stereocenters. The third-order valence-corrected chi connectivity index (χ3v) is 6.60. The van der Waals surface area contributed by atoms with Gasteiger partial charge in [-0.15, -0.1) is 0 Å². The van der Waals surface area contributed by atoms with Crippen molar-refractivity contribution >= 4 is 29.2 Å². The van der Waals surface area contributed by atoms with Crippen molar-refractivity contribution in [2.75, 3.05) is 43.0 Å². The van der Waals surface area contributed by atoms with Crippen molar-refractivity contribution in [1.82, 2.24) is 4.90 Å². The SMILES string of the molecule is CCOC(=O)C1CCN(CC(=O)Nc2ccc(C(=O)N3CCCCc4ccccc43)cc2)CC1. The third kappa shape index (κ3) is 5.83. The van der Waals surface area contributed by atoms with Gasteiger partial charge in [0.05, 0.1) is 19.1 Å². The molecule has 7 heteroatoms. The van der Waals surface area contributed by atoms with Gasteiger partial charge in [0, 0.05) is 23.5 Å². The van der Waals surface area contributed by atoms with Gasteiger partial charge in [0.1, 0.15) is 0 Å². The molecule has 0 unspecified atom stereocenters. The molecule has 2 heterocycles. The predicted molar refractivity (Wildman–Crippen MR) is 132 cm³/mol. The average molecular weight is 464 g/mol. The molecule has 1 saturated heterocycles. The molecule has 2 aliphatic heterocycles. The van der Waals surface area contributed by atoms with E-state index in [0.717, 1.165) is 24.9 Å². The van der Waals surface area contributed by atoms with Crippen LogP contribution in [0, 0.1) is 5.92 Å². The van der Waals surface area contributed by atoms with Gasteiger partial charge in [0.2, 0.25) is 5.91 Å². The van der Waals surface area contributed by atoms with E-state index in [2.05, 4.69) is 16.3 Å². The summed E-state index contributed by atoms with van der Waals surface area (Å²) in [5.41, 5.74) is 3.48. The molecule has 7 nitrogen and oxygen atoms in total. The number of carbonyl (C=O) groups is 3. The van der Waals surface area contributed by atoms with Gasteiger partial charge >= 0.3 is 5.97 Å². The van der Waals surface area contributed by atoms with Crippen molar-refractivity contribution < 1.29 is 19.1 Å². The molecule has 0 spiro atoms. The topological polar surface area (TPSA) is 79.0 Å². The molecule has 34 heavy (non-hydrogen) atoms. The summed E-state index contributed by atoms with van der Waals surface area (Å²) in [5, 5.41) is 2.92. The zero-order chi connectivity index (χ0) is 23.9. The molecule has 4 rings (SSSR count). The Bertz CT molecular complexity index is 1010. The van der Waals surface area contributed by atoms with Crippen LogP contribution in [0.5, 0.6) is 0 Å². The van der Waals surface area contributed by atoms with Crippen molar-refractivity contribution in [3.63, 3.8) is 0 Å². The number of ether oxygens (including phenoxy) is 1. The van der Waals surface area contributed by atoms with Gasteiger partial charge in [-0.1, -0.05) is 18.2 Å². The summed E-state index contributed by atoms with van der Waals surface area (Å²) in [6, 6.07) is 15.2. The molecule has 0 radical (unpaired) electrons. The van der Waals surface area contributed by atoms with Crippen LogP contribution in [-0.4, -0.2) is 55.5 Å². The number of para-hydroxylation sites is 1. The highest BCUT2D eigenvalue weighted by atomic mass is 16.5. The number of benzene rings is 2. The minimum atomic E-state index is -0.134. The Hall–Kier alpha value is -3.19. The number of esters is 1. The van der Waals surface area contributed by atoms with Gasteiger partial charge in [-0.25, -0.2) is 0 Å². The fourth-order valence-electron chi connectivity index (χ4n) is 4.74. The molecule has 1 N–H and O–H groups in total. The van der Waals surface area contributed by atoms with E-state index in [9.17, 15) is 14.4 Å². The van der Waals surface area contributed by atoms with E-state index >= 15 is 0 Å². The third-order valence-electron chi connectivity index (χ3n) is 6.60. The van der Waals surface area contributed by atoms with Gasteiger partial charge in [-0.3, -0.25) is 19.3 Å². The van der Waals surface area contributed by atoms with Crippen molar-refractivity contribution in [1.29, 1.82) is 0 Å². The van der Waals surface area contributed by atoms with E-state index in [4.69, 9.17) is 4.74 Å². The summed E-state index contributed by atoms with van der Waals surface area (Å²) >= 11 is 0. The number of nitrogens with one attached hydrogen (secondary N) is 1. The number of rotatable bonds is 6. The molecule has 0 aliphatic carbocycles. The summed E-state index contributed by atoms with van der Waals surface area (Å²) in [4.78, 5) is 41.5. The first-order valence-corrected chi connectivity index (χ1v) is 12.2. The van der Waals surface area contributed by atoms with Crippen molar-refractivity contribution in [2.24, 2.45) is 5.92 Å². The lowest BCUT2D eigenvalue weighted by Crippen LogP contribution is -2.41. The minimum absolute atomic E-state index is 0.0169. The fourth-order valence-corrected chi connectivity index (χ4v) is 4.74. The van der Waals surface area contributed by atoms with Crippen LogP contribution in [0.4, 0.5) is 11.4 Å². The predicted octanol–water partition coefficient (Wildman–Crippen LogP) is 3.88. The van der Waals surface area contributed by atoms with E-state index < -0.39 is 0 Å². The lowest BCUT2D eigenvalue weighted by molar-refractivity contribution is -0.149. The molecule has 1 fully saturated rings. The van der Waals surface area contributed by atoms with Gasteiger partial charge < -0.3 is 15.0 Å². The number of likely N-dealkylation sites (tertiary alicyclic amines) is 1. The Balaban J connectivity index is 1.31. The highest BCUT2D eigenvalue weighted by Crippen LogP contribution is 2.28. The van der Waals surface area contributed by atoms with Crippen LogP contribution < -0.4 is 10.2 Å². The molecular weight excluding hydrogens is 430 g/mol. The Kier molecular flexibility index (Phi) is 7.95. The summed E-state index contributed by atoms with van der Waals surface area (Å²) in [6.07, 6.45) is 4.47. The fraction of sp³-hybridized carbons (Fsp3) is 0.444. The standard InChI is InChI=1S/C27H33N3O4/c1-2-34-27(33)22-14-17-29(18-15-22)19-25(31)28-23-12-10-21(11-13-23)26(32)30-16-6-5-8-20-7-3-4-9-24(20)30/h3-4,7,9-13,22H,2,5-6,8,14-19H2,1H3,(H,28,31). The van der Waals surface area contributed by atoms with E-state index in [1.807, 2.05) is 30.0 Å². The molecule has 2 aliphatic rings. The molecule has 0 saturated carbocycles. The quantitative estimate of drug-likeness (QED) is 0.658. The Morgan fingerprint density at radius 2 is 1.71 bits per heavy atom. The number of anilines is 2. The monoisotopic (exact) mass is 463 g/mol. The maximum absolute atomic E-state index is 13.2. The number of hydrogen-bond donors (Lipinski definition) is 1. The van der Waals surface area contributed by atoms with Crippen LogP contribution in [0.3, 0.4) is 0 Å². The molecule has 2 aromatic rings. The summed E-state index contributed by atoms with van der Waals surface area (Å²) in [7, 11) is 0. The lowest BCUT2D eigenvalue weighted by Gasteiger charge is -2.30. The van der Waals surface area contributed by atoms with Gasteiger partial charge in [0.25, 0.3) is 5.91 Å². The number of fused-ring (bicyclic) bond motifs is 1. The molecule has 180 valence electrons. The van der Waals surface area contributed by atoms with E-state index in [1.54, 1.807) is 24.3 Å². The zero-order valence-corrected chi connectivity index (χ0v) is 19.8. The van der Waals surface area contributed by atoms with Crippen molar-refractivity contribution in [2.45, 2.75) is 39.0 Å². The molecule has 0 bridgehead atoms. The van der Waals surface area contributed by atoms with Crippen LogP contribution in [0.1, 0.15) is 48.5 Å². The first-order valence-electron chi connectivity index (χ1n) is 12.2. The summed E-state index contributed by atoms with van der Waals surface area (Å²) in [5.74, 6) is -0.322. The summed E-state index contributed by atoms with van der Waals surface area (Å²) in [6.45, 7) is 4.59. The van der Waals surface area contributed by atoms with Crippen LogP contribution in [-0.2, 0) is 20.7 Å². The zero-order valence-electron chi connectivity index (χ0n) is 19.8. The smallest absolute Gasteiger partial charge is 0.309 e. The van der Waals surface area contributed by atoms with Gasteiger partial charge in [-0.2, -0.15) is 0 Å². The lowest BCUT2D eigenvalue weighted by atomic mass is 9.97. The number of nitrogens with zero attached hydrogens (tertiary/aromatic N) is 2. The largest absolute Gasteiger partial charge is 0.466 e. The second-order valence-corrected chi connectivity index (χ2v) is 8.97. The number of amides is 2. The first-order chi connectivity index (χ1) is 16.5. The van der Waals surface area contributed by atoms with Crippen LogP contribution in [0.15, 0.2) is 48.5 Å². The van der Waals surface area contributed by atoms with E-state index in [0.29, 0.717) is 50.3 Å². The maximum atomic E-state index is 13.2. The van der Waals surface area contributed by atoms with Crippen LogP contribution >= 0.6 is 0 Å². The molecule has 2 amide bonds. The van der Waals surface area contributed by atoms with Crippen molar-refractivity contribution in [3.8, 4) is 0 Å². The highest BCUT2D eigenvalue weighted by Gasteiger charge is 2.27. The summed E-state index contributed by atoms with van der Waals surface area (Å²) < 4.78 is 5.10. The Labute approximate surface area is 201 Å². The average Bonchev–Trinajstić information content (AvgIpc) is 3.07. The normalized spacial score (nSPS) is 16.9. The van der Waals surface area contributed by atoms with Crippen LogP contribution in [0.2, 0.25) is 0 Å². The second kappa shape index (κ2) is 11.3. The van der Waals surface area contributed by atoms with E-state index in [1.165, 1.54) is 5.56 Å². The van der Waals surface area contributed by atoms with Gasteiger partial charge in [-0.05, 0) is 88.0 Å². The van der Waals surface area contributed by atoms with Crippen molar-refractivity contribution in [3.05, 3.63) is 59.7 Å². The molecular formula is C27H33N3O4. The first kappa shape index (κ1) is 24.0. The maximum Gasteiger partial charge on any atom is 0.309 e. The second-order valence-electron chi connectivity index (χ2n) is 8.97. The number of piperidine rings is 1. The highest BCUT2D eigenvalue weighted by molar-refractivity contribution is 6.07.